The lowest BCUT2D eigenvalue weighted by molar-refractivity contribution is -0.138. The molecular weight excluding hydrogens is 278 g/mol. The number of likely N-dealkylation sites (tertiary alicyclic amines) is 1. The van der Waals surface area contributed by atoms with E-state index >= 15 is 0 Å². The third-order valence-corrected chi connectivity index (χ3v) is 3.47. The van der Waals surface area contributed by atoms with Crippen LogP contribution < -0.4 is 5.32 Å². The molecule has 0 unspecified atom stereocenters. The molecule has 0 saturated carbocycles. The maximum atomic E-state index is 11.8. The molecule has 0 bridgehead atoms. The molecule has 2 aliphatic heterocycles. The van der Waals surface area contributed by atoms with E-state index in [2.05, 4.69) is 5.32 Å². The monoisotopic (exact) mass is 297 g/mol. The fourth-order valence-electron chi connectivity index (χ4n) is 2.51. The zero-order valence-electron chi connectivity index (χ0n) is 12.1. The molecule has 2 heterocycles. The van der Waals surface area contributed by atoms with Crippen LogP contribution in [0.5, 0.6) is 0 Å². The summed E-state index contributed by atoms with van der Waals surface area (Å²) in [5, 5.41) is 2.14. The van der Waals surface area contributed by atoms with Gasteiger partial charge in [-0.1, -0.05) is 0 Å². The zero-order chi connectivity index (χ0) is 15.6. The van der Waals surface area contributed by atoms with E-state index in [4.69, 9.17) is 4.74 Å². The molecule has 0 spiro atoms. The molecule has 5 amide bonds. The number of ether oxygens (including phenoxy) is 1. The van der Waals surface area contributed by atoms with Gasteiger partial charge in [0.15, 0.2) is 0 Å². The van der Waals surface area contributed by atoms with Gasteiger partial charge in [-0.3, -0.25) is 19.8 Å². The maximum Gasteiger partial charge on any atom is 0.410 e. The molecule has 0 radical (unpaired) electrons. The smallest absolute Gasteiger partial charge is 0.410 e. The molecule has 0 atom stereocenters. The number of amides is 5. The van der Waals surface area contributed by atoms with Crippen LogP contribution in [0.25, 0.3) is 0 Å². The van der Waals surface area contributed by atoms with Crippen LogP contribution in [0.1, 0.15) is 33.1 Å². The molecule has 116 valence electrons. The lowest BCUT2D eigenvalue weighted by Crippen LogP contribution is -2.58. The van der Waals surface area contributed by atoms with Crippen LogP contribution >= 0.6 is 0 Å². The Morgan fingerprint density at radius 3 is 2.38 bits per heavy atom. The molecular formula is C13H19N3O5. The SMILES string of the molecule is CC(C)OC(=O)N1CCC(N2C(=O)CC(=O)NC2=O)CC1. The van der Waals surface area contributed by atoms with Crippen LogP contribution in [0.4, 0.5) is 9.59 Å². The average molecular weight is 297 g/mol. The van der Waals surface area contributed by atoms with E-state index in [1.54, 1.807) is 18.7 Å². The van der Waals surface area contributed by atoms with Crippen molar-refractivity contribution in [2.24, 2.45) is 0 Å². The maximum absolute atomic E-state index is 11.8. The van der Waals surface area contributed by atoms with Crippen molar-refractivity contribution in [2.45, 2.75) is 45.3 Å². The van der Waals surface area contributed by atoms with E-state index < -0.39 is 17.8 Å². The van der Waals surface area contributed by atoms with Gasteiger partial charge in [-0.15, -0.1) is 0 Å². The van der Waals surface area contributed by atoms with Crippen molar-refractivity contribution in [2.75, 3.05) is 13.1 Å². The molecule has 8 heteroatoms. The molecule has 0 aromatic heterocycles. The van der Waals surface area contributed by atoms with Crippen LogP contribution in [-0.2, 0) is 14.3 Å². The summed E-state index contributed by atoms with van der Waals surface area (Å²) in [6.45, 7) is 4.39. The third kappa shape index (κ3) is 3.50. The van der Waals surface area contributed by atoms with Gasteiger partial charge < -0.3 is 9.64 Å². The zero-order valence-corrected chi connectivity index (χ0v) is 12.1. The average Bonchev–Trinajstić information content (AvgIpc) is 2.37. The summed E-state index contributed by atoms with van der Waals surface area (Å²) in [4.78, 5) is 49.1. The normalized spacial score (nSPS) is 20.8. The number of nitrogens with zero attached hydrogens (tertiary/aromatic N) is 2. The van der Waals surface area contributed by atoms with Crippen molar-refractivity contribution in [3.05, 3.63) is 0 Å². The molecule has 0 aromatic carbocycles. The number of hydrogen-bond donors (Lipinski definition) is 1. The summed E-state index contributed by atoms with van der Waals surface area (Å²) in [7, 11) is 0. The minimum Gasteiger partial charge on any atom is -0.447 e. The number of hydrogen-bond acceptors (Lipinski definition) is 5. The minimum absolute atomic E-state index is 0.185. The van der Waals surface area contributed by atoms with E-state index in [9.17, 15) is 19.2 Å². The molecule has 2 aliphatic rings. The standard InChI is InChI=1S/C13H19N3O5/c1-8(2)21-13(20)15-5-3-9(4-6-15)16-11(18)7-10(17)14-12(16)19/h8-9H,3-7H2,1-2H3,(H,14,17,19). The fraction of sp³-hybridized carbons (Fsp3) is 0.692. The quantitative estimate of drug-likeness (QED) is 0.747. The van der Waals surface area contributed by atoms with Crippen molar-refractivity contribution < 1.29 is 23.9 Å². The molecule has 2 saturated heterocycles. The summed E-state index contributed by atoms with van der Waals surface area (Å²) in [5.41, 5.74) is 0. The van der Waals surface area contributed by atoms with Crippen LogP contribution in [0.2, 0.25) is 0 Å². The van der Waals surface area contributed by atoms with Crippen LogP contribution in [0, 0.1) is 0 Å². The number of piperidine rings is 1. The van der Waals surface area contributed by atoms with Gasteiger partial charge in [0.1, 0.15) is 6.42 Å². The fourth-order valence-corrected chi connectivity index (χ4v) is 2.51. The Morgan fingerprint density at radius 1 is 1.24 bits per heavy atom. The van der Waals surface area contributed by atoms with E-state index in [1.165, 1.54) is 0 Å². The summed E-state index contributed by atoms with van der Waals surface area (Å²) < 4.78 is 5.11. The molecule has 2 rings (SSSR count). The number of imide groups is 2. The largest absolute Gasteiger partial charge is 0.447 e. The summed E-state index contributed by atoms with van der Waals surface area (Å²) in [6.07, 6.45) is 0.103. The molecule has 21 heavy (non-hydrogen) atoms. The van der Waals surface area contributed by atoms with Gasteiger partial charge in [0.05, 0.1) is 6.10 Å². The van der Waals surface area contributed by atoms with E-state index in [1.807, 2.05) is 0 Å². The van der Waals surface area contributed by atoms with Crippen molar-refractivity contribution in [3.8, 4) is 0 Å². The highest BCUT2D eigenvalue weighted by atomic mass is 16.6. The first-order valence-corrected chi connectivity index (χ1v) is 7.00. The lowest BCUT2D eigenvalue weighted by atomic mass is 10.0. The molecule has 0 aliphatic carbocycles. The van der Waals surface area contributed by atoms with Crippen molar-refractivity contribution >= 4 is 23.9 Å². The first-order valence-electron chi connectivity index (χ1n) is 7.00. The number of urea groups is 1. The predicted molar refractivity (Wildman–Crippen MR) is 71.2 cm³/mol. The van der Waals surface area contributed by atoms with E-state index in [0.29, 0.717) is 25.9 Å². The van der Waals surface area contributed by atoms with Gasteiger partial charge in [0, 0.05) is 19.1 Å². The Bertz CT molecular complexity index is 448. The first-order chi connectivity index (χ1) is 9.88. The second-order valence-corrected chi connectivity index (χ2v) is 5.44. The van der Waals surface area contributed by atoms with Gasteiger partial charge in [-0.25, -0.2) is 9.59 Å². The summed E-state index contributed by atoms with van der Waals surface area (Å²) in [6, 6.07) is -0.951. The number of carbonyl (C=O) groups is 4. The second kappa shape index (κ2) is 6.11. The number of nitrogens with one attached hydrogen (secondary N) is 1. The van der Waals surface area contributed by atoms with Gasteiger partial charge >= 0.3 is 12.1 Å². The Morgan fingerprint density at radius 2 is 1.86 bits per heavy atom. The highest BCUT2D eigenvalue weighted by molar-refractivity contribution is 6.14. The lowest BCUT2D eigenvalue weighted by Gasteiger charge is -2.38. The number of rotatable bonds is 2. The highest BCUT2D eigenvalue weighted by Crippen LogP contribution is 2.20. The summed E-state index contributed by atoms with van der Waals surface area (Å²) in [5.74, 6) is -1.05. The van der Waals surface area contributed by atoms with Crippen LogP contribution in [0.3, 0.4) is 0 Å². The van der Waals surface area contributed by atoms with Crippen molar-refractivity contribution in [3.63, 3.8) is 0 Å². The van der Waals surface area contributed by atoms with Crippen LogP contribution in [0.15, 0.2) is 0 Å². The Labute approximate surface area is 122 Å². The number of barbiturate groups is 1. The van der Waals surface area contributed by atoms with Gasteiger partial charge in [0.25, 0.3) is 0 Å². The van der Waals surface area contributed by atoms with Gasteiger partial charge in [0.2, 0.25) is 11.8 Å². The topological polar surface area (TPSA) is 96.0 Å². The first kappa shape index (κ1) is 15.3. The summed E-state index contributed by atoms with van der Waals surface area (Å²) >= 11 is 0. The number of carbonyl (C=O) groups excluding carboxylic acids is 4. The third-order valence-electron chi connectivity index (χ3n) is 3.47. The van der Waals surface area contributed by atoms with Gasteiger partial charge in [-0.05, 0) is 26.7 Å². The van der Waals surface area contributed by atoms with Crippen molar-refractivity contribution in [1.82, 2.24) is 15.1 Å². The minimum atomic E-state index is -0.667. The predicted octanol–water partition coefficient (Wildman–Crippen LogP) is 0.464. The second-order valence-electron chi connectivity index (χ2n) is 5.44. The molecule has 0 aromatic rings. The van der Waals surface area contributed by atoms with E-state index in [0.717, 1.165) is 4.90 Å². The Balaban J connectivity index is 1.92. The highest BCUT2D eigenvalue weighted by Gasteiger charge is 2.38. The Hall–Kier alpha value is -2.12. The van der Waals surface area contributed by atoms with Gasteiger partial charge in [-0.2, -0.15) is 0 Å². The molecule has 2 fully saturated rings. The Kier molecular flexibility index (Phi) is 4.44. The molecule has 8 nitrogen and oxygen atoms in total. The van der Waals surface area contributed by atoms with Crippen molar-refractivity contribution in [1.29, 1.82) is 0 Å². The van der Waals surface area contributed by atoms with E-state index in [-0.39, 0.29) is 24.7 Å². The molecule has 1 N–H and O–H groups in total. The van der Waals surface area contributed by atoms with Crippen LogP contribution in [-0.4, -0.2) is 59.0 Å².